The van der Waals surface area contributed by atoms with Gasteiger partial charge in [-0.2, -0.15) is 0 Å². The summed E-state index contributed by atoms with van der Waals surface area (Å²) in [6, 6.07) is 9.90. The minimum absolute atomic E-state index is 0.0789. The molecule has 0 aliphatic rings. The average molecular weight is 375 g/mol. The molecule has 0 bridgehead atoms. The molecule has 18 heavy (non-hydrogen) atoms. The Morgan fingerprint density at radius 2 is 1.78 bits per heavy atom. The fraction of sp³-hybridized carbons (Fsp3) is 0. The second-order valence-electron chi connectivity index (χ2n) is 3.53. The summed E-state index contributed by atoms with van der Waals surface area (Å²) < 4.78 is 27.5. The maximum atomic E-state index is 12.0. The monoisotopic (exact) mass is 375 g/mol. The van der Waals surface area contributed by atoms with Crippen molar-refractivity contribution in [2.24, 2.45) is 0 Å². The van der Waals surface area contributed by atoms with Crippen molar-refractivity contribution in [2.45, 2.75) is 4.90 Å². The molecule has 0 saturated heterocycles. The SMILES string of the molecule is Nc1ccc(S(=O)(=O)Nc2ccc(I)cc2)cn1. The zero-order chi connectivity index (χ0) is 13.2. The molecule has 0 aliphatic carbocycles. The fourth-order valence-corrected chi connectivity index (χ4v) is 2.65. The molecule has 1 aromatic heterocycles. The first-order valence-corrected chi connectivity index (χ1v) is 7.53. The normalized spacial score (nSPS) is 11.2. The molecular weight excluding hydrogens is 365 g/mol. The van der Waals surface area contributed by atoms with Gasteiger partial charge in [-0.15, -0.1) is 0 Å². The van der Waals surface area contributed by atoms with E-state index in [0.29, 0.717) is 5.69 Å². The highest BCUT2D eigenvalue weighted by atomic mass is 127. The summed E-state index contributed by atoms with van der Waals surface area (Å²) in [6.07, 6.45) is 1.23. The van der Waals surface area contributed by atoms with Crippen LogP contribution < -0.4 is 10.5 Å². The van der Waals surface area contributed by atoms with Crippen LogP contribution in [0.3, 0.4) is 0 Å². The smallest absolute Gasteiger partial charge is 0.263 e. The highest BCUT2D eigenvalue weighted by Crippen LogP contribution is 2.17. The Balaban J connectivity index is 2.27. The first kappa shape index (κ1) is 13.1. The van der Waals surface area contributed by atoms with E-state index in [2.05, 4.69) is 32.3 Å². The number of pyridine rings is 1. The lowest BCUT2D eigenvalue weighted by Crippen LogP contribution is -2.13. The molecule has 7 heteroatoms. The van der Waals surface area contributed by atoms with Crippen molar-refractivity contribution in [1.82, 2.24) is 4.98 Å². The Hall–Kier alpha value is -1.35. The fourth-order valence-electron chi connectivity index (χ4n) is 1.28. The van der Waals surface area contributed by atoms with Gasteiger partial charge in [0.2, 0.25) is 0 Å². The molecule has 94 valence electrons. The predicted molar refractivity (Wildman–Crippen MR) is 78.6 cm³/mol. The minimum atomic E-state index is -3.61. The number of nitrogens with zero attached hydrogens (tertiary/aromatic N) is 1. The van der Waals surface area contributed by atoms with E-state index in [1.165, 1.54) is 18.3 Å². The number of nitrogens with two attached hydrogens (primary N) is 1. The van der Waals surface area contributed by atoms with Gasteiger partial charge in [0.25, 0.3) is 10.0 Å². The van der Waals surface area contributed by atoms with Crippen molar-refractivity contribution < 1.29 is 8.42 Å². The van der Waals surface area contributed by atoms with Crippen LogP contribution >= 0.6 is 22.6 Å². The number of halogens is 1. The summed E-state index contributed by atoms with van der Waals surface area (Å²) in [6.45, 7) is 0. The minimum Gasteiger partial charge on any atom is -0.384 e. The van der Waals surface area contributed by atoms with Crippen molar-refractivity contribution in [3.63, 3.8) is 0 Å². The summed E-state index contributed by atoms with van der Waals surface area (Å²) in [5.41, 5.74) is 5.92. The Morgan fingerprint density at radius 1 is 1.11 bits per heavy atom. The largest absolute Gasteiger partial charge is 0.384 e. The summed E-state index contributed by atoms with van der Waals surface area (Å²) in [4.78, 5) is 3.84. The lowest BCUT2D eigenvalue weighted by atomic mass is 10.3. The highest BCUT2D eigenvalue weighted by Gasteiger charge is 2.14. The van der Waals surface area contributed by atoms with E-state index in [1.807, 2.05) is 12.1 Å². The zero-order valence-corrected chi connectivity index (χ0v) is 12.1. The molecule has 0 atom stereocenters. The summed E-state index contributed by atoms with van der Waals surface area (Å²) in [5.74, 6) is 0.281. The highest BCUT2D eigenvalue weighted by molar-refractivity contribution is 14.1. The Kier molecular flexibility index (Phi) is 3.71. The quantitative estimate of drug-likeness (QED) is 0.805. The second kappa shape index (κ2) is 5.11. The van der Waals surface area contributed by atoms with Gasteiger partial charge in [0.05, 0.1) is 0 Å². The first-order chi connectivity index (χ1) is 8.47. The Labute approximate surface area is 119 Å². The standard InChI is InChI=1S/C11H10IN3O2S/c12-8-1-3-9(4-2-8)15-18(16,17)10-5-6-11(13)14-7-10/h1-7,15H,(H2,13,14). The van der Waals surface area contributed by atoms with Gasteiger partial charge in [-0.25, -0.2) is 13.4 Å². The van der Waals surface area contributed by atoms with E-state index in [0.717, 1.165) is 3.57 Å². The molecule has 0 radical (unpaired) electrons. The number of nitrogens with one attached hydrogen (secondary N) is 1. The van der Waals surface area contributed by atoms with Crippen LogP contribution in [0.1, 0.15) is 0 Å². The van der Waals surface area contributed by atoms with E-state index in [-0.39, 0.29) is 10.7 Å². The van der Waals surface area contributed by atoms with Crippen LogP contribution in [0, 0.1) is 3.57 Å². The van der Waals surface area contributed by atoms with Crippen molar-refractivity contribution in [2.75, 3.05) is 10.5 Å². The molecule has 0 unspecified atom stereocenters. The number of aromatic nitrogens is 1. The topological polar surface area (TPSA) is 85.1 Å². The summed E-state index contributed by atoms with van der Waals surface area (Å²) in [7, 11) is -3.61. The van der Waals surface area contributed by atoms with Gasteiger partial charge in [0.1, 0.15) is 10.7 Å². The summed E-state index contributed by atoms with van der Waals surface area (Å²) >= 11 is 2.15. The van der Waals surface area contributed by atoms with Gasteiger partial charge < -0.3 is 5.73 Å². The van der Waals surface area contributed by atoms with Crippen LogP contribution in [0.15, 0.2) is 47.5 Å². The van der Waals surface area contributed by atoms with Crippen LogP contribution in [0.2, 0.25) is 0 Å². The maximum Gasteiger partial charge on any atom is 0.263 e. The molecule has 5 nitrogen and oxygen atoms in total. The Bertz CT molecular complexity index is 639. The number of sulfonamides is 1. The molecule has 0 amide bonds. The number of nitrogen functional groups attached to an aromatic ring is 1. The van der Waals surface area contributed by atoms with E-state index in [9.17, 15) is 8.42 Å². The van der Waals surface area contributed by atoms with Crippen molar-refractivity contribution in [3.05, 3.63) is 46.2 Å². The van der Waals surface area contributed by atoms with E-state index in [1.54, 1.807) is 12.1 Å². The third kappa shape index (κ3) is 3.10. The number of anilines is 2. The predicted octanol–water partition coefficient (Wildman–Crippen LogP) is 2.07. The van der Waals surface area contributed by atoms with Gasteiger partial charge in [-0.05, 0) is 59.0 Å². The third-order valence-electron chi connectivity index (χ3n) is 2.17. The van der Waals surface area contributed by atoms with Crippen molar-refractivity contribution in [3.8, 4) is 0 Å². The van der Waals surface area contributed by atoms with Crippen LogP contribution in [-0.2, 0) is 10.0 Å². The van der Waals surface area contributed by atoms with Crippen LogP contribution in [-0.4, -0.2) is 13.4 Å². The molecule has 1 heterocycles. The summed E-state index contributed by atoms with van der Waals surface area (Å²) in [5, 5.41) is 0. The van der Waals surface area contributed by atoms with E-state index < -0.39 is 10.0 Å². The van der Waals surface area contributed by atoms with Crippen LogP contribution in [0.5, 0.6) is 0 Å². The molecular formula is C11H10IN3O2S. The molecule has 2 rings (SSSR count). The molecule has 0 fully saturated rings. The van der Waals surface area contributed by atoms with Gasteiger partial charge >= 0.3 is 0 Å². The zero-order valence-electron chi connectivity index (χ0n) is 9.17. The van der Waals surface area contributed by atoms with Crippen molar-refractivity contribution >= 4 is 44.1 Å². The van der Waals surface area contributed by atoms with Gasteiger partial charge in [-0.3, -0.25) is 4.72 Å². The van der Waals surface area contributed by atoms with Gasteiger partial charge in [0, 0.05) is 15.5 Å². The molecule has 0 aliphatic heterocycles. The lowest BCUT2D eigenvalue weighted by Gasteiger charge is -2.07. The number of rotatable bonds is 3. The van der Waals surface area contributed by atoms with Crippen LogP contribution in [0.4, 0.5) is 11.5 Å². The average Bonchev–Trinajstić information content (AvgIpc) is 2.32. The third-order valence-corrected chi connectivity index (χ3v) is 4.25. The van der Waals surface area contributed by atoms with Crippen LogP contribution in [0.25, 0.3) is 0 Å². The molecule has 1 aromatic carbocycles. The molecule has 2 aromatic rings. The van der Waals surface area contributed by atoms with Gasteiger partial charge in [0.15, 0.2) is 0 Å². The van der Waals surface area contributed by atoms with Gasteiger partial charge in [-0.1, -0.05) is 0 Å². The molecule has 0 saturated carbocycles. The second-order valence-corrected chi connectivity index (χ2v) is 6.46. The molecule has 0 spiro atoms. The van der Waals surface area contributed by atoms with E-state index >= 15 is 0 Å². The number of benzene rings is 1. The maximum absolute atomic E-state index is 12.0. The number of hydrogen-bond acceptors (Lipinski definition) is 4. The van der Waals surface area contributed by atoms with E-state index in [4.69, 9.17) is 5.73 Å². The van der Waals surface area contributed by atoms with Crippen molar-refractivity contribution in [1.29, 1.82) is 0 Å². The lowest BCUT2D eigenvalue weighted by molar-refractivity contribution is 0.601. The first-order valence-electron chi connectivity index (χ1n) is 4.97. The molecule has 3 N–H and O–H groups in total. The number of hydrogen-bond donors (Lipinski definition) is 2. The Morgan fingerprint density at radius 3 is 2.33 bits per heavy atom.